The number of carbonyl (C=O) groups excluding carboxylic acids is 1. The lowest BCUT2D eigenvalue weighted by molar-refractivity contribution is -0.115. The van der Waals surface area contributed by atoms with E-state index in [0.29, 0.717) is 35.3 Å². The Hall–Kier alpha value is -3.62. The fraction of sp³-hybridized carbons (Fsp3) is 0.533. The maximum Gasteiger partial charge on any atom is 0.232 e. The van der Waals surface area contributed by atoms with Crippen LogP contribution in [-0.4, -0.2) is 47.4 Å². The Kier molecular flexibility index (Phi) is 12.6. The predicted molar refractivity (Wildman–Crippen MR) is 153 cm³/mol. The van der Waals surface area contributed by atoms with Crippen molar-refractivity contribution in [1.82, 2.24) is 20.2 Å². The normalized spacial score (nSPS) is 11.7. The van der Waals surface area contributed by atoms with Crippen molar-refractivity contribution in [1.29, 1.82) is 0 Å². The minimum Gasteiger partial charge on any atom is -0.496 e. The highest BCUT2D eigenvalue weighted by molar-refractivity contribution is 5.95. The molecule has 1 aromatic heterocycles. The van der Waals surface area contributed by atoms with Gasteiger partial charge in [0, 0.05) is 18.1 Å². The Bertz CT molecular complexity index is 1110. The number of amides is 1. The van der Waals surface area contributed by atoms with Crippen LogP contribution in [0.4, 0.5) is 5.69 Å². The number of rotatable bonds is 18. The summed E-state index contributed by atoms with van der Waals surface area (Å²) in [7, 11) is 4.62. The summed E-state index contributed by atoms with van der Waals surface area (Å²) >= 11 is 0. The van der Waals surface area contributed by atoms with Crippen LogP contribution < -0.4 is 19.5 Å². The Morgan fingerprint density at radius 3 is 2.15 bits per heavy atom. The SMILES string of the molecule is CCCCCCCCCCC(Cn1nnnc1CC(=O)Nc1c(OC)cc(OC)cc1OC)c1ccccc1. The lowest BCUT2D eigenvalue weighted by atomic mass is 9.92. The molecule has 3 aromatic rings. The van der Waals surface area contributed by atoms with Crippen LogP contribution in [0.5, 0.6) is 17.2 Å². The lowest BCUT2D eigenvalue weighted by Gasteiger charge is -2.18. The summed E-state index contributed by atoms with van der Waals surface area (Å²) in [6, 6.07) is 13.9. The molecule has 1 unspecified atom stereocenters. The van der Waals surface area contributed by atoms with Crippen LogP contribution in [0.3, 0.4) is 0 Å². The van der Waals surface area contributed by atoms with E-state index in [1.165, 1.54) is 64.7 Å². The van der Waals surface area contributed by atoms with Gasteiger partial charge in [0.05, 0.1) is 34.3 Å². The van der Waals surface area contributed by atoms with Crippen LogP contribution in [0.15, 0.2) is 42.5 Å². The number of anilines is 1. The topological polar surface area (TPSA) is 100 Å². The molecule has 0 aliphatic heterocycles. The van der Waals surface area contributed by atoms with Gasteiger partial charge in [-0.05, 0) is 22.4 Å². The molecule has 0 spiro atoms. The minimum atomic E-state index is -0.271. The highest BCUT2D eigenvalue weighted by atomic mass is 16.5. The van der Waals surface area contributed by atoms with Crippen LogP contribution in [0, 0.1) is 0 Å². The average Bonchev–Trinajstić information content (AvgIpc) is 3.40. The second-order valence-electron chi connectivity index (χ2n) is 9.78. The molecule has 0 saturated carbocycles. The molecule has 9 nitrogen and oxygen atoms in total. The van der Waals surface area contributed by atoms with Crippen LogP contribution in [0.1, 0.15) is 82.0 Å². The van der Waals surface area contributed by atoms with E-state index in [2.05, 4.69) is 52.0 Å². The van der Waals surface area contributed by atoms with Gasteiger partial charge in [0.15, 0.2) is 5.82 Å². The standard InChI is InChI=1S/C30H43N5O4/c1-5-6-7-8-9-10-11-13-18-24(23-16-14-12-15-17-23)22-35-28(32-33-34-35)21-29(36)31-30-26(38-3)19-25(37-2)20-27(30)39-4/h12,14-17,19-20,24H,5-11,13,18,21-22H2,1-4H3,(H,31,36). The zero-order valence-corrected chi connectivity index (χ0v) is 23.8. The molecule has 9 heteroatoms. The summed E-state index contributed by atoms with van der Waals surface area (Å²) in [6.45, 7) is 2.87. The van der Waals surface area contributed by atoms with Gasteiger partial charge in [0.25, 0.3) is 0 Å². The van der Waals surface area contributed by atoms with E-state index in [4.69, 9.17) is 14.2 Å². The zero-order valence-electron chi connectivity index (χ0n) is 23.8. The maximum absolute atomic E-state index is 13.1. The Balaban J connectivity index is 1.64. The molecule has 1 N–H and O–H groups in total. The Labute approximate surface area is 232 Å². The quantitative estimate of drug-likeness (QED) is 0.193. The summed E-state index contributed by atoms with van der Waals surface area (Å²) in [4.78, 5) is 13.1. The van der Waals surface area contributed by atoms with Gasteiger partial charge < -0.3 is 19.5 Å². The number of nitrogens with zero attached hydrogens (tertiary/aromatic N) is 4. The second kappa shape index (κ2) is 16.4. The van der Waals surface area contributed by atoms with Gasteiger partial charge in [-0.1, -0.05) is 88.6 Å². The van der Waals surface area contributed by atoms with Crippen molar-refractivity contribution in [3.05, 3.63) is 53.9 Å². The third-order valence-corrected chi connectivity index (χ3v) is 6.97. The first-order valence-electron chi connectivity index (χ1n) is 14.0. The van der Waals surface area contributed by atoms with Crippen molar-refractivity contribution in [2.24, 2.45) is 0 Å². The van der Waals surface area contributed by atoms with E-state index >= 15 is 0 Å². The summed E-state index contributed by atoms with van der Waals surface area (Å²) in [5, 5.41) is 15.2. The number of aromatic nitrogens is 4. The number of carbonyl (C=O) groups is 1. The third kappa shape index (κ3) is 9.26. The Morgan fingerprint density at radius 2 is 1.54 bits per heavy atom. The Morgan fingerprint density at radius 1 is 0.897 bits per heavy atom. The molecule has 0 saturated heterocycles. The first-order valence-corrected chi connectivity index (χ1v) is 14.0. The molecular formula is C30H43N5O4. The van der Waals surface area contributed by atoms with Crippen molar-refractivity contribution in [3.63, 3.8) is 0 Å². The molecule has 1 heterocycles. The monoisotopic (exact) mass is 537 g/mol. The summed E-state index contributed by atoms with van der Waals surface area (Å²) in [6.07, 6.45) is 11.3. The highest BCUT2D eigenvalue weighted by Crippen LogP contribution is 2.39. The van der Waals surface area contributed by atoms with Gasteiger partial charge in [-0.25, -0.2) is 4.68 Å². The van der Waals surface area contributed by atoms with E-state index in [9.17, 15) is 4.79 Å². The molecule has 1 amide bonds. The van der Waals surface area contributed by atoms with Gasteiger partial charge in [0.1, 0.15) is 22.9 Å². The molecule has 3 rings (SSSR count). The zero-order chi connectivity index (χ0) is 27.9. The van der Waals surface area contributed by atoms with E-state index in [-0.39, 0.29) is 18.2 Å². The third-order valence-electron chi connectivity index (χ3n) is 6.97. The molecule has 212 valence electrons. The van der Waals surface area contributed by atoms with Gasteiger partial charge >= 0.3 is 0 Å². The molecule has 1 atom stereocenters. The maximum atomic E-state index is 13.1. The molecule has 2 aromatic carbocycles. The van der Waals surface area contributed by atoms with Gasteiger partial charge in [-0.2, -0.15) is 0 Å². The average molecular weight is 538 g/mol. The summed E-state index contributed by atoms with van der Waals surface area (Å²) < 4.78 is 17.9. The largest absolute Gasteiger partial charge is 0.496 e. The smallest absolute Gasteiger partial charge is 0.232 e. The highest BCUT2D eigenvalue weighted by Gasteiger charge is 2.20. The van der Waals surface area contributed by atoms with Gasteiger partial charge in [-0.15, -0.1) is 5.10 Å². The van der Waals surface area contributed by atoms with E-state index in [1.54, 1.807) is 23.9 Å². The summed E-state index contributed by atoms with van der Waals surface area (Å²) in [5.74, 6) is 1.94. The van der Waals surface area contributed by atoms with Gasteiger partial charge in [-0.3, -0.25) is 4.79 Å². The van der Waals surface area contributed by atoms with Crippen LogP contribution in [-0.2, 0) is 17.8 Å². The van der Waals surface area contributed by atoms with Crippen molar-refractivity contribution < 1.29 is 19.0 Å². The molecule has 0 aliphatic rings. The predicted octanol–water partition coefficient (Wildman–Crippen LogP) is 6.19. The van der Waals surface area contributed by atoms with Crippen molar-refractivity contribution in [2.45, 2.75) is 83.6 Å². The molecule has 0 radical (unpaired) electrons. The fourth-order valence-corrected chi connectivity index (χ4v) is 4.77. The number of methoxy groups -OCH3 is 3. The summed E-state index contributed by atoms with van der Waals surface area (Å²) in [5.41, 5.74) is 1.70. The van der Waals surface area contributed by atoms with Crippen molar-refractivity contribution >= 4 is 11.6 Å². The number of ether oxygens (including phenoxy) is 3. The molecule has 39 heavy (non-hydrogen) atoms. The number of benzene rings is 2. The minimum absolute atomic E-state index is 0.0185. The van der Waals surface area contributed by atoms with E-state index < -0.39 is 0 Å². The van der Waals surface area contributed by atoms with E-state index in [1.807, 2.05) is 6.07 Å². The number of unbranched alkanes of at least 4 members (excludes halogenated alkanes) is 7. The lowest BCUT2D eigenvalue weighted by Crippen LogP contribution is -2.20. The first-order chi connectivity index (χ1) is 19.1. The van der Waals surface area contributed by atoms with Crippen molar-refractivity contribution in [3.8, 4) is 17.2 Å². The number of hydrogen-bond acceptors (Lipinski definition) is 7. The molecular weight excluding hydrogens is 494 g/mol. The molecule has 0 fully saturated rings. The van der Waals surface area contributed by atoms with E-state index in [0.717, 1.165) is 12.8 Å². The number of nitrogens with one attached hydrogen (secondary N) is 1. The molecule has 0 aliphatic carbocycles. The number of tetrazole rings is 1. The van der Waals surface area contributed by atoms with Crippen LogP contribution in [0.2, 0.25) is 0 Å². The van der Waals surface area contributed by atoms with Crippen molar-refractivity contribution in [2.75, 3.05) is 26.6 Å². The fourth-order valence-electron chi connectivity index (χ4n) is 4.77. The first kappa shape index (κ1) is 29.9. The van der Waals surface area contributed by atoms with Gasteiger partial charge in [0.2, 0.25) is 5.91 Å². The molecule has 0 bridgehead atoms. The van der Waals surface area contributed by atoms with Crippen LogP contribution >= 0.6 is 0 Å². The number of hydrogen-bond donors (Lipinski definition) is 1. The second-order valence-corrected chi connectivity index (χ2v) is 9.78. The van der Waals surface area contributed by atoms with Crippen LogP contribution in [0.25, 0.3) is 0 Å².